The molecule has 0 radical (unpaired) electrons. The standard InChI is InChI=1S/C24H27N5O3S2/c1-15-20(16(2)29(27-15)18-9-10-34(31,32)14-18)12-28(3)13-22-25-23(30)19-11-21(33-24(19)26-22)17-7-5-4-6-8-17/h4-8,11,18H,9-10,12-14H2,1-3H3,(H,25,26,30). The number of rotatable bonds is 6. The van der Waals surface area contributed by atoms with E-state index in [4.69, 9.17) is 4.98 Å². The molecule has 1 saturated heterocycles. The third-order valence-corrected chi connectivity index (χ3v) is 9.21. The Hall–Kier alpha value is -2.82. The molecule has 3 aromatic heterocycles. The summed E-state index contributed by atoms with van der Waals surface area (Å²) in [7, 11) is -1.00. The maximum absolute atomic E-state index is 12.7. The van der Waals surface area contributed by atoms with Crippen LogP contribution >= 0.6 is 11.3 Å². The van der Waals surface area contributed by atoms with Crippen LogP contribution in [0.1, 0.15) is 35.2 Å². The highest BCUT2D eigenvalue weighted by molar-refractivity contribution is 7.91. The van der Waals surface area contributed by atoms with Crippen molar-refractivity contribution in [2.75, 3.05) is 18.6 Å². The Morgan fingerprint density at radius 1 is 1.21 bits per heavy atom. The number of benzene rings is 1. The van der Waals surface area contributed by atoms with Crippen LogP contribution in [-0.2, 0) is 22.9 Å². The van der Waals surface area contributed by atoms with Crippen molar-refractivity contribution in [3.63, 3.8) is 0 Å². The third-order valence-electron chi connectivity index (χ3n) is 6.39. The molecular formula is C24H27N5O3S2. The van der Waals surface area contributed by atoms with E-state index in [1.165, 1.54) is 11.3 Å². The zero-order valence-corrected chi connectivity index (χ0v) is 21.0. The lowest BCUT2D eigenvalue weighted by Crippen LogP contribution is -2.22. The van der Waals surface area contributed by atoms with Gasteiger partial charge in [-0.3, -0.25) is 14.4 Å². The fourth-order valence-corrected chi connectivity index (χ4v) is 7.38. The summed E-state index contributed by atoms with van der Waals surface area (Å²) in [6, 6.07) is 11.8. The zero-order chi connectivity index (χ0) is 24.0. The van der Waals surface area contributed by atoms with Crippen molar-refractivity contribution in [2.45, 2.75) is 39.4 Å². The Kier molecular flexibility index (Phi) is 5.91. The molecule has 0 amide bonds. The van der Waals surface area contributed by atoms with E-state index >= 15 is 0 Å². The maximum Gasteiger partial charge on any atom is 0.259 e. The van der Waals surface area contributed by atoms with Gasteiger partial charge in [0.2, 0.25) is 0 Å². The number of H-pyrrole nitrogens is 1. The fourth-order valence-electron chi connectivity index (χ4n) is 4.63. The number of nitrogens with one attached hydrogen (secondary N) is 1. The molecule has 4 heterocycles. The highest BCUT2D eigenvalue weighted by Gasteiger charge is 2.31. The van der Waals surface area contributed by atoms with E-state index in [1.807, 2.05) is 62.0 Å². The summed E-state index contributed by atoms with van der Waals surface area (Å²) in [5, 5.41) is 5.26. The molecule has 178 valence electrons. The van der Waals surface area contributed by atoms with Gasteiger partial charge in [0.1, 0.15) is 10.7 Å². The largest absolute Gasteiger partial charge is 0.309 e. The van der Waals surface area contributed by atoms with E-state index in [-0.39, 0.29) is 23.1 Å². The lowest BCUT2D eigenvalue weighted by Gasteiger charge is -2.17. The van der Waals surface area contributed by atoms with Gasteiger partial charge in [-0.25, -0.2) is 13.4 Å². The predicted molar refractivity (Wildman–Crippen MR) is 135 cm³/mol. The van der Waals surface area contributed by atoms with Gasteiger partial charge < -0.3 is 4.98 Å². The van der Waals surface area contributed by atoms with Crippen molar-refractivity contribution in [3.05, 3.63) is 69.5 Å². The van der Waals surface area contributed by atoms with Crippen molar-refractivity contribution in [1.29, 1.82) is 0 Å². The minimum Gasteiger partial charge on any atom is -0.309 e. The second-order valence-corrected chi connectivity index (χ2v) is 12.3. The molecule has 1 atom stereocenters. The molecule has 0 aliphatic carbocycles. The summed E-state index contributed by atoms with van der Waals surface area (Å²) >= 11 is 1.52. The zero-order valence-electron chi connectivity index (χ0n) is 19.4. The van der Waals surface area contributed by atoms with E-state index in [0.29, 0.717) is 30.7 Å². The number of fused-ring (bicyclic) bond motifs is 1. The van der Waals surface area contributed by atoms with Crippen LogP contribution in [0.15, 0.2) is 41.2 Å². The quantitative estimate of drug-likeness (QED) is 0.438. The molecule has 34 heavy (non-hydrogen) atoms. The highest BCUT2D eigenvalue weighted by Crippen LogP contribution is 2.31. The SMILES string of the molecule is Cc1nn(C2CCS(=O)(=O)C2)c(C)c1CN(C)Cc1nc2sc(-c3ccccc3)cc2c(=O)[nH]1. The van der Waals surface area contributed by atoms with Gasteiger partial charge in [0.15, 0.2) is 9.84 Å². The predicted octanol–water partition coefficient (Wildman–Crippen LogP) is 3.46. The van der Waals surface area contributed by atoms with E-state index < -0.39 is 9.84 Å². The van der Waals surface area contributed by atoms with Crippen molar-refractivity contribution >= 4 is 31.4 Å². The molecule has 5 rings (SSSR count). The van der Waals surface area contributed by atoms with E-state index in [2.05, 4.69) is 15.0 Å². The molecule has 10 heteroatoms. The Labute approximate surface area is 202 Å². The number of aryl methyl sites for hydroxylation is 1. The number of sulfone groups is 1. The van der Waals surface area contributed by atoms with Crippen molar-refractivity contribution in [3.8, 4) is 10.4 Å². The average Bonchev–Trinajstić information content (AvgIpc) is 3.46. The molecule has 1 aromatic carbocycles. The number of nitrogens with zero attached hydrogens (tertiary/aromatic N) is 4. The number of hydrogen-bond donors (Lipinski definition) is 1. The number of aromatic amines is 1. The first-order chi connectivity index (χ1) is 16.2. The number of hydrogen-bond acceptors (Lipinski definition) is 7. The first-order valence-corrected chi connectivity index (χ1v) is 13.9. The lowest BCUT2D eigenvalue weighted by atomic mass is 10.1. The lowest BCUT2D eigenvalue weighted by molar-refractivity contribution is 0.309. The fraction of sp³-hybridized carbons (Fsp3) is 0.375. The topological polar surface area (TPSA) is 101 Å². The molecule has 1 aliphatic heterocycles. The van der Waals surface area contributed by atoms with Gasteiger partial charge in [-0.1, -0.05) is 30.3 Å². The Morgan fingerprint density at radius 2 is 1.97 bits per heavy atom. The van der Waals surface area contributed by atoms with Crippen LogP contribution in [0.3, 0.4) is 0 Å². The summed E-state index contributed by atoms with van der Waals surface area (Å²) in [6.45, 7) is 5.06. The molecule has 1 unspecified atom stereocenters. The van der Waals surface area contributed by atoms with Crippen molar-refractivity contribution in [2.24, 2.45) is 0 Å². The molecule has 1 fully saturated rings. The van der Waals surface area contributed by atoms with Gasteiger partial charge in [0.05, 0.1) is 35.2 Å². The normalized spacial score (nSPS) is 17.7. The first kappa shape index (κ1) is 22.9. The van der Waals surface area contributed by atoms with Gasteiger partial charge in [0.25, 0.3) is 5.56 Å². The van der Waals surface area contributed by atoms with Crippen LogP contribution in [0.4, 0.5) is 0 Å². The van der Waals surface area contributed by atoms with E-state index in [9.17, 15) is 13.2 Å². The third kappa shape index (κ3) is 4.45. The second-order valence-electron chi connectivity index (χ2n) is 9.03. The number of thiophene rings is 1. The van der Waals surface area contributed by atoms with Crippen LogP contribution in [0.25, 0.3) is 20.7 Å². The molecule has 8 nitrogen and oxygen atoms in total. The van der Waals surface area contributed by atoms with Crippen LogP contribution < -0.4 is 5.56 Å². The molecule has 0 spiro atoms. The molecule has 4 aromatic rings. The molecule has 1 aliphatic rings. The van der Waals surface area contributed by atoms with Crippen molar-refractivity contribution in [1.82, 2.24) is 24.6 Å². The highest BCUT2D eigenvalue weighted by atomic mass is 32.2. The molecule has 1 N–H and O–H groups in total. The van der Waals surface area contributed by atoms with E-state index in [0.717, 1.165) is 32.2 Å². The summed E-state index contributed by atoms with van der Waals surface area (Å²) in [6.07, 6.45) is 0.608. The Morgan fingerprint density at radius 3 is 2.68 bits per heavy atom. The first-order valence-electron chi connectivity index (χ1n) is 11.2. The monoisotopic (exact) mass is 497 g/mol. The second kappa shape index (κ2) is 8.75. The minimum atomic E-state index is -2.98. The Bertz CT molecular complexity index is 1520. The van der Waals surface area contributed by atoms with Gasteiger partial charge in [-0.2, -0.15) is 5.10 Å². The van der Waals surface area contributed by atoms with Gasteiger partial charge in [-0.05, 0) is 38.9 Å². The molecular weight excluding hydrogens is 470 g/mol. The maximum atomic E-state index is 12.7. The van der Waals surface area contributed by atoms with Gasteiger partial charge in [-0.15, -0.1) is 11.3 Å². The Balaban J connectivity index is 1.35. The average molecular weight is 498 g/mol. The number of aromatic nitrogens is 4. The smallest absolute Gasteiger partial charge is 0.259 e. The van der Waals surface area contributed by atoms with Crippen LogP contribution in [0, 0.1) is 13.8 Å². The van der Waals surface area contributed by atoms with Crippen LogP contribution in [0.5, 0.6) is 0 Å². The molecule has 0 saturated carbocycles. The van der Waals surface area contributed by atoms with Crippen LogP contribution in [0.2, 0.25) is 0 Å². The van der Waals surface area contributed by atoms with Gasteiger partial charge >= 0.3 is 0 Å². The summed E-state index contributed by atoms with van der Waals surface area (Å²) < 4.78 is 25.7. The minimum absolute atomic E-state index is 0.0965. The molecule has 0 bridgehead atoms. The van der Waals surface area contributed by atoms with Gasteiger partial charge in [0, 0.05) is 22.7 Å². The summed E-state index contributed by atoms with van der Waals surface area (Å²) in [5.41, 5.74) is 3.92. The summed E-state index contributed by atoms with van der Waals surface area (Å²) in [5.74, 6) is 0.994. The van der Waals surface area contributed by atoms with Crippen LogP contribution in [-0.4, -0.2) is 51.6 Å². The van der Waals surface area contributed by atoms with E-state index in [1.54, 1.807) is 0 Å². The summed E-state index contributed by atoms with van der Waals surface area (Å²) in [4.78, 5) is 24.2. The van der Waals surface area contributed by atoms with Crippen molar-refractivity contribution < 1.29 is 8.42 Å².